The summed E-state index contributed by atoms with van der Waals surface area (Å²) in [5.41, 5.74) is 0. The molecule has 0 saturated heterocycles. The van der Waals surface area contributed by atoms with Crippen molar-refractivity contribution in [2.24, 2.45) is 0 Å². The third kappa shape index (κ3) is 18.4. The summed E-state index contributed by atoms with van der Waals surface area (Å²) in [5.74, 6) is 0. The van der Waals surface area contributed by atoms with Gasteiger partial charge in [-0.15, -0.1) is 0 Å². The van der Waals surface area contributed by atoms with E-state index in [1.54, 1.807) is 0 Å². The van der Waals surface area contributed by atoms with Crippen LogP contribution in [0.25, 0.3) is 0 Å². The van der Waals surface area contributed by atoms with Gasteiger partial charge in [0.25, 0.3) is 7.82 Å². The molecule has 0 aromatic carbocycles. The second kappa shape index (κ2) is 5.93. The molecule has 0 heterocycles. The maximum absolute atomic E-state index is 9.44. The van der Waals surface area contributed by atoms with Gasteiger partial charge in [0, 0.05) is 0 Å². The van der Waals surface area contributed by atoms with Gasteiger partial charge in [-0.05, 0) is 0 Å². The van der Waals surface area contributed by atoms with Gasteiger partial charge in [0.15, 0.2) is 0 Å². The van der Waals surface area contributed by atoms with Crippen molar-refractivity contribution in [3.8, 4) is 0 Å². The van der Waals surface area contributed by atoms with Gasteiger partial charge in [-0.2, -0.15) is 0 Å². The smallest absolute Gasteiger partial charge is 0.790 e. The van der Waals surface area contributed by atoms with Crippen LogP contribution >= 0.6 is 15.6 Å². The Hall–Kier alpha value is 1.38. The minimum Gasteiger partial charge on any atom is -0.790 e. The quantitative estimate of drug-likeness (QED) is 0.374. The second-order valence-electron chi connectivity index (χ2n) is 0.997. The molecule has 0 radical (unpaired) electrons. The van der Waals surface area contributed by atoms with Crippen LogP contribution in [0.2, 0.25) is 0 Å². The summed E-state index contributed by atoms with van der Waals surface area (Å²) in [6.07, 6.45) is 0. The fourth-order valence-electron chi connectivity index (χ4n) is 0.126. The van der Waals surface area contributed by atoms with E-state index in [2.05, 4.69) is 4.31 Å². The van der Waals surface area contributed by atoms with Crippen molar-refractivity contribution in [1.29, 1.82) is 0 Å². The Labute approximate surface area is 84.7 Å². The fraction of sp³-hybridized carbons (Fsp3) is 0. The zero-order valence-corrected chi connectivity index (χ0v) is 8.04. The second-order valence-corrected chi connectivity index (χ2v) is 3.48. The molecule has 0 fully saturated rings. The molecule has 0 aliphatic carbocycles. The first kappa shape index (κ1) is 18.2. The number of rotatable bonds is 2. The van der Waals surface area contributed by atoms with E-state index < -0.39 is 15.6 Å². The van der Waals surface area contributed by atoms with E-state index in [9.17, 15) is 23.8 Å². The molecule has 62 valence electrons. The molecule has 1 atom stereocenters. The first-order chi connectivity index (χ1) is 3.71. The number of hydrogen-bond acceptors (Lipinski definition) is 6. The molecular formula is HFeLiO7P2. The Bertz CT molecular complexity index is 157. The third-order valence-corrected chi connectivity index (χ3v) is 1.83. The molecule has 0 saturated carbocycles. The fourth-order valence-corrected chi connectivity index (χ4v) is 1.14. The van der Waals surface area contributed by atoms with Crippen molar-refractivity contribution in [3.63, 3.8) is 0 Å². The van der Waals surface area contributed by atoms with E-state index in [1.165, 1.54) is 0 Å². The van der Waals surface area contributed by atoms with Crippen molar-refractivity contribution in [1.82, 2.24) is 0 Å². The van der Waals surface area contributed by atoms with Gasteiger partial charge >= 0.3 is 35.9 Å². The molecule has 11 heavy (non-hydrogen) atoms. The van der Waals surface area contributed by atoms with Gasteiger partial charge in [-0.1, -0.05) is 0 Å². The van der Waals surface area contributed by atoms with E-state index in [4.69, 9.17) is 4.89 Å². The molecule has 11 heteroatoms. The average Bonchev–Trinajstić information content (AvgIpc) is 1.14. The van der Waals surface area contributed by atoms with Gasteiger partial charge in [0.1, 0.15) is 0 Å². The van der Waals surface area contributed by atoms with E-state index in [0.29, 0.717) is 0 Å². The molecule has 1 unspecified atom stereocenters. The van der Waals surface area contributed by atoms with Gasteiger partial charge in [-0.3, -0.25) is 8.88 Å². The van der Waals surface area contributed by atoms with Crippen LogP contribution in [-0.2, 0) is 30.5 Å². The first-order valence-electron chi connectivity index (χ1n) is 1.48. The van der Waals surface area contributed by atoms with Crippen molar-refractivity contribution >= 4 is 15.6 Å². The molecule has 7 nitrogen and oxygen atoms in total. The van der Waals surface area contributed by atoms with Crippen LogP contribution in [0.4, 0.5) is 0 Å². The predicted octanol–water partition coefficient (Wildman–Crippen LogP) is -5.71. The van der Waals surface area contributed by atoms with Crippen LogP contribution in [0.1, 0.15) is 0 Å². The standard InChI is InChI=1S/Fe.Li.H4O7P2/c;;1-8(2,3)7-9(4,5)6/h;;(H2,1,2,3)(H2,4,5,6)/q+2;+1;/p-3. The van der Waals surface area contributed by atoms with Crippen LogP contribution in [0.3, 0.4) is 0 Å². The SMILES string of the molecule is O=P([O-])([O-])OP(=O)([O-])O.[Fe+2].[Li+]. The van der Waals surface area contributed by atoms with Gasteiger partial charge in [0.05, 0.1) is 7.82 Å². The number of hydrogen-bond donors (Lipinski definition) is 1. The summed E-state index contributed by atoms with van der Waals surface area (Å²) < 4.78 is 21.4. The summed E-state index contributed by atoms with van der Waals surface area (Å²) >= 11 is 0. The Balaban J connectivity index is -0.000000320. The topological polar surface area (TPSA) is 133 Å². The van der Waals surface area contributed by atoms with Crippen LogP contribution in [0.5, 0.6) is 0 Å². The summed E-state index contributed by atoms with van der Waals surface area (Å²) in [4.78, 5) is 35.7. The van der Waals surface area contributed by atoms with Crippen molar-refractivity contribution in [2.45, 2.75) is 0 Å². The van der Waals surface area contributed by atoms with Crippen LogP contribution < -0.4 is 33.5 Å². The molecule has 0 bridgehead atoms. The Morgan fingerprint density at radius 2 is 1.45 bits per heavy atom. The monoisotopic (exact) mass is 238 g/mol. The van der Waals surface area contributed by atoms with Crippen molar-refractivity contribution in [2.75, 3.05) is 0 Å². The van der Waals surface area contributed by atoms with Crippen molar-refractivity contribution in [3.05, 3.63) is 0 Å². The Morgan fingerprint density at radius 3 is 1.45 bits per heavy atom. The molecule has 0 amide bonds. The zero-order chi connectivity index (χ0) is 7.71. The molecule has 0 aliphatic heterocycles. The minimum absolute atomic E-state index is 0. The molecule has 0 spiro atoms. The van der Waals surface area contributed by atoms with Crippen LogP contribution in [-0.4, -0.2) is 4.89 Å². The maximum atomic E-state index is 9.44. The summed E-state index contributed by atoms with van der Waals surface area (Å²) in [6.45, 7) is 0. The number of phosphoric acid groups is 2. The van der Waals surface area contributed by atoms with E-state index >= 15 is 0 Å². The molecule has 1 N–H and O–H groups in total. The van der Waals surface area contributed by atoms with E-state index in [0.717, 1.165) is 0 Å². The molecule has 0 aromatic rings. The van der Waals surface area contributed by atoms with Crippen molar-refractivity contribution < 1.29 is 68.9 Å². The van der Waals surface area contributed by atoms with Crippen LogP contribution in [0.15, 0.2) is 0 Å². The van der Waals surface area contributed by atoms with Gasteiger partial charge in [0.2, 0.25) is 0 Å². The Morgan fingerprint density at radius 1 is 1.18 bits per heavy atom. The summed E-state index contributed by atoms with van der Waals surface area (Å²) in [5, 5.41) is 0. The molecule has 0 aromatic heterocycles. The third-order valence-electron chi connectivity index (χ3n) is 0.203. The first-order valence-corrected chi connectivity index (χ1v) is 4.43. The zero-order valence-electron chi connectivity index (χ0n) is 5.14. The van der Waals surface area contributed by atoms with Gasteiger partial charge in [-0.25, -0.2) is 0 Å². The van der Waals surface area contributed by atoms with E-state index in [-0.39, 0.29) is 35.9 Å². The van der Waals surface area contributed by atoms with Gasteiger partial charge < -0.3 is 24.1 Å². The molecule has 0 aliphatic rings. The predicted molar refractivity (Wildman–Crippen MR) is 18.5 cm³/mol. The van der Waals surface area contributed by atoms with E-state index in [1.807, 2.05) is 0 Å². The van der Waals surface area contributed by atoms with Crippen LogP contribution in [0, 0.1) is 0 Å². The molecule has 0 rings (SSSR count). The largest absolute Gasteiger partial charge is 2.00 e. The summed E-state index contributed by atoms with van der Waals surface area (Å²) in [6, 6.07) is 0. The summed E-state index contributed by atoms with van der Waals surface area (Å²) in [7, 11) is -11.0. The normalized spacial score (nSPS) is 15.6. The minimum atomic E-state index is -5.61. The maximum Gasteiger partial charge on any atom is 2.00 e. The Kier molecular flexibility index (Phi) is 9.82. The average molecular weight is 238 g/mol. The molecular weight excluding hydrogens is 237 g/mol.